The van der Waals surface area contributed by atoms with Gasteiger partial charge in [-0.25, -0.2) is 0 Å². The summed E-state index contributed by atoms with van der Waals surface area (Å²) in [6.07, 6.45) is 0. The van der Waals surface area contributed by atoms with Crippen LogP contribution >= 0.6 is 0 Å². The van der Waals surface area contributed by atoms with E-state index in [0.29, 0.717) is 0 Å². The number of benzene rings is 6. The molecule has 0 aromatic heterocycles. The fourth-order valence-electron chi connectivity index (χ4n) is 6.40. The van der Waals surface area contributed by atoms with Crippen molar-refractivity contribution in [3.63, 3.8) is 0 Å². The van der Waals surface area contributed by atoms with Gasteiger partial charge >= 0.3 is 0 Å². The lowest BCUT2D eigenvalue weighted by molar-refractivity contribution is -0.0811. The van der Waals surface area contributed by atoms with E-state index in [1.807, 2.05) is 38.1 Å². The molecule has 0 fully saturated rings. The van der Waals surface area contributed by atoms with Gasteiger partial charge in [-0.1, -0.05) is 103 Å². The second-order valence-corrected chi connectivity index (χ2v) is 11.2. The van der Waals surface area contributed by atoms with Gasteiger partial charge in [0.05, 0.1) is 11.4 Å². The maximum atomic E-state index is 6.46. The molecule has 0 amide bonds. The summed E-state index contributed by atoms with van der Waals surface area (Å²) in [5, 5.41) is 0. The van der Waals surface area contributed by atoms with Crippen LogP contribution in [0.25, 0.3) is 44.5 Å². The lowest BCUT2D eigenvalue weighted by Crippen LogP contribution is -2.37. The van der Waals surface area contributed by atoms with Crippen molar-refractivity contribution in [1.29, 1.82) is 0 Å². The second kappa shape index (κ2) is 9.39. The summed E-state index contributed by atoms with van der Waals surface area (Å²) in [6, 6.07) is 49.4. The van der Waals surface area contributed by atoms with Gasteiger partial charge in [-0.3, -0.25) is 0 Å². The number of hydrogen-bond donors (Lipinski definition) is 0. The van der Waals surface area contributed by atoms with Crippen LogP contribution in [0.2, 0.25) is 0 Å². The Hall–Kier alpha value is -5.28. The quantitative estimate of drug-likeness (QED) is 0.206. The highest BCUT2D eigenvalue weighted by Crippen LogP contribution is 2.51. The molecule has 1 aliphatic heterocycles. The van der Waals surface area contributed by atoms with Gasteiger partial charge < -0.3 is 14.4 Å². The molecular formula is C39H29NO2. The summed E-state index contributed by atoms with van der Waals surface area (Å²) in [6.45, 7) is 3.90. The van der Waals surface area contributed by atoms with Crippen molar-refractivity contribution in [2.75, 3.05) is 4.90 Å². The van der Waals surface area contributed by atoms with Crippen molar-refractivity contribution in [1.82, 2.24) is 0 Å². The Bertz CT molecular complexity index is 1930. The third kappa shape index (κ3) is 3.89. The van der Waals surface area contributed by atoms with Crippen LogP contribution in [0.15, 0.2) is 140 Å². The van der Waals surface area contributed by atoms with E-state index in [9.17, 15) is 0 Å². The van der Waals surface area contributed by atoms with Gasteiger partial charge in [-0.05, 0) is 80.9 Å². The van der Waals surface area contributed by atoms with E-state index < -0.39 is 5.79 Å². The standard InChI is InChI=1S/C39H29NO2/c1-39(2)41-37-21-11-9-19-35(37)40(36-20-10-12-22-38(36)42-39)26-23-24-33-31-17-6-5-15-29(31)27-13-3-4-14-28(27)30-16-7-8-18-32(30)34(33)25-26/h3-25H,1-2H3. The second-order valence-electron chi connectivity index (χ2n) is 11.2. The molecule has 0 unspecified atom stereocenters. The molecule has 0 radical (unpaired) electrons. The molecule has 3 heteroatoms. The molecule has 202 valence electrons. The minimum atomic E-state index is -0.833. The van der Waals surface area contributed by atoms with E-state index in [0.717, 1.165) is 28.6 Å². The molecule has 6 aromatic rings. The Kier molecular flexibility index (Phi) is 5.48. The van der Waals surface area contributed by atoms with E-state index in [2.05, 4.69) is 120 Å². The van der Waals surface area contributed by atoms with Crippen molar-refractivity contribution >= 4 is 17.1 Å². The van der Waals surface area contributed by atoms with Crippen LogP contribution in [0, 0.1) is 0 Å². The highest BCUT2D eigenvalue weighted by atomic mass is 16.7. The van der Waals surface area contributed by atoms with Crippen molar-refractivity contribution in [2.45, 2.75) is 19.6 Å². The van der Waals surface area contributed by atoms with Crippen LogP contribution in [0.1, 0.15) is 13.8 Å². The molecule has 2 aliphatic rings. The molecule has 0 N–H and O–H groups in total. The maximum absolute atomic E-state index is 6.46. The SMILES string of the molecule is CC1(C)Oc2ccccc2N(c2ccc3c(c2)-c2ccccc2-c2ccccc2-c2ccccc2-3)c2ccccc2O1. The average Bonchev–Trinajstić information content (AvgIpc) is 3.01. The Balaban J connectivity index is 1.42. The monoisotopic (exact) mass is 543 g/mol. The van der Waals surface area contributed by atoms with Crippen LogP contribution in [-0.4, -0.2) is 5.79 Å². The summed E-state index contributed by atoms with van der Waals surface area (Å²) < 4.78 is 12.9. The number of hydrogen-bond acceptors (Lipinski definition) is 3. The van der Waals surface area contributed by atoms with Crippen LogP contribution in [-0.2, 0) is 0 Å². The number of nitrogens with zero attached hydrogens (tertiary/aromatic N) is 1. The third-order valence-electron chi connectivity index (χ3n) is 8.13. The van der Waals surface area contributed by atoms with Crippen molar-refractivity contribution in [2.24, 2.45) is 0 Å². The third-order valence-corrected chi connectivity index (χ3v) is 8.13. The van der Waals surface area contributed by atoms with Gasteiger partial charge in [0.15, 0.2) is 0 Å². The topological polar surface area (TPSA) is 21.7 Å². The minimum Gasteiger partial charge on any atom is -0.451 e. The van der Waals surface area contributed by atoms with Crippen LogP contribution in [0.4, 0.5) is 17.1 Å². The largest absolute Gasteiger partial charge is 0.451 e. The molecule has 6 aromatic carbocycles. The van der Waals surface area contributed by atoms with Crippen molar-refractivity contribution in [3.8, 4) is 56.0 Å². The zero-order valence-corrected chi connectivity index (χ0v) is 23.5. The van der Waals surface area contributed by atoms with Crippen molar-refractivity contribution in [3.05, 3.63) is 140 Å². The first kappa shape index (κ1) is 24.5. The van der Waals surface area contributed by atoms with Crippen LogP contribution in [0.3, 0.4) is 0 Å². The Labute approximate surface area is 246 Å². The lowest BCUT2D eigenvalue weighted by atomic mass is 9.81. The molecular weight excluding hydrogens is 514 g/mol. The molecule has 1 heterocycles. The first-order chi connectivity index (χ1) is 20.6. The smallest absolute Gasteiger partial charge is 0.246 e. The summed E-state index contributed by atoms with van der Waals surface area (Å²) >= 11 is 0. The Morgan fingerprint density at radius 1 is 0.405 bits per heavy atom. The number of para-hydroxylation sites is 4. The van der Waals surface area contributed by atoms with E-state index in [4.69, 9.17) is 9.47 Å². The molecule has 8 rings (SSSR count). The molecule has 3 nitrogen and oxygen atoms in total. The molecule has 0 atom stereocenters. The summed E-state index contributed by atoms with van der Waals surface area (Å²) in [5.41, 5.74) is 12.7. The van der Waals surface area contributed by atoms with Gasteiger partial charge in [0.25, 0.3) is 0 Å². The van der Waals surface area contributed by atoms with Crippen LogP contribution in [0.5, 0.6) is 11.5 Å². The first-order valence-corrected chi connectivity index (χ1v) is 14.4. The number of ether oxygens (including phenoxy) is 2. The lowest BCUT2D eigenvalue weighted by Gasteiger charge is -2.37. The van der Waals surface area contributed by atoms with Gasteiger partial charge in [0, 0.05) is 19.5 Å². The van der Waals surface area contributed by atoms with Gasteiger partial charge in [-0.2, -0.15) is 0 Å². The highest BCUT2D eigenvalue weighted by Gasteiger charge is 2.32. The normalized spacial score (nSPS) is 14.0. The molecule has 0 saturated carbocycles. The molecule has 0 bridgehead atoms. The number of fused-ring (bicyclic) bond motifs is 10. The van der Waals surface area contributed by atoms with E-state index in [1.165, 1.54) is 44.5 Å². The summed E-state index contributed by atoms with van der Waals surface area (Å²) in [7, 11) is 0. The molecule has 42 heavy (non-hydrogen) atoms. The zero-order valence-electron chi connectivity index (χ0n) is 23.5. The number of anilines is 3. The number of rotatable bonds is 1. The Morgan fingerprint density at radius 3 is 1.21 bits per heavy atom. The zero-order chi connectivity index (χ0) is 28.3. The van der Waals surface area contributed by atoms with Crippen molar-refractivity contribution < 1.29 is 9.47 Å². The van der Waals surface area contributed by atoms with E-state index >= 15 is 0 Å². The van der Waals surface area contributed by atoms with Gasteiger partial charge in [0.1, 0.15) is 11.5 Å². The minimum absolute atomic E-state index is 0.767. The predicted octanol–water partition coefficient (Wildman–Crippen LogP) is 10.6. The molecule has 1 aliphatic carbocycles. The molecule has 0 saturated heterocycles. The molecule has 0 spiro atoms. The van der Waals surface area contributed by atoms with E-state index in [1.54, 1.807) is 0 Å². The van der Waals surface area contributed by atoms with E-state index in [-0.39, 0.29) is 0 Å². The fourth-order valence-corrected chi connectivity index (χ4v) is 6.40. The van der Waals surface area contributed by atoms with Crippen LogP contribution < -0.4 is 14.4 Å². The average molecular weight is 544 g/mol. The highest BCUT2D eigenvalue weighted by molar-refractivity contribution is 6.04. The van der Waals surface area contributed by atoms with Gasteiger partial charge in [0.2, 0.25) is 5.79 Å². The fraction of sp³-hybridized carbons (Fsp3) is 0.0769. The summed E-state index contributed by atoms with van der Waals surface area (Å²) in [4.78, 5) is 2.25. The summed E-state index contributed by atoms with van der Waals surface area (Å²) in [5.74, 6) is 0.701. The first-order valence-electron chi connectivity index (χ1n) is 14.4. The van der Waals surface area contributed by atoms with Gasteiger partial charge in [-0.15, -0.1) is 0 Å². The maximum Gasteiger partial charge on any atom is 0.246 e. The predicted molar refractivity (Wildman–Crippen MR) is 172 cm³/mol. The Morgan fingerprint density at radius 2 is 0.762 bits per heavy atom.